The molecule has 0 aliphatic carbocycles. The first kappa shape index (κ1) is 16.7. The van der Waals surface area contributed by atoms with E-state index in [2.05, 4.69) is 26.1 Å². The molecule has 1 unspecified atom stereocenters. The molecule has 1 saturated heterocycles. The van der Waals surface area contributed by atoms with Crippen molar-refractivity contribution >= 4 is 21.6 Å². The smallest absolute Gasteiger partial charge is 0.243 e. The first-order chi connectivity index (χ1) is 9.80. The van der Waals surface area contributed by atoms with E-state index in [0.717, 1.165) is 12.0 Å². The molecule has 6 heteroatoms. The van der Waals surface area contributed by atoms with Crippen LogP contribution >= 0.6 is 11.6 Å². The van der Waals surface area contributed by atoms with E-state index in [1.807, 2.05) is 0 Å². The summed E-state index contributed by atoms with van der Waals surface area (Å²) < 4.78 is 26.7. The normalized spacial score (nSPS) is 20.3. The van der Waals surface area contributed by atoms with Crippen molar-refractivity contribution in [1.82, 2.24) is 9.62 Å². The Bertz CT molecular complexity index is 602. The predicted molar refractivity (Wildman–Crippen MR) is 86.0 cm³/mol. The van der Waals surface area contributed by atoms with Crippen molar-refractivity contribution in [1.29, 1.82) is 0 Å². The van der Waals surface area contributed by atoms with Gasteiger partial charge in [0.25, 0.3) is 0 Å². The summed E-state index contributed by atoms with van der Waals surface area (Å²) in [7, 11) is -3.41. The van der Waals surface area contributed by atoms with Gasteiger partial charge in [0.2, 0.25) is 10.0 Å². The lowest BCUT2D eigenvalue weighted by Crippen LogP contribution is -2.28. The molecule has 1 heterocycles. The van der Waals surface area contributed by atoms with Crippen molar-refractivity contribution in [3.8, 4) is 0 Å². The van der Waals surface area contributed by atoms with Crippen molar-refractivity contribution in [2.45, 2.75) is 44.7 Å². The summed E-state index contributed by atoms with van der Waals surface area (Å²) in [5.74, 6) is 0.421. The zero-order chi connectivity index (χ0) is 15.6. The number of benzene rings is 1. The molecule has 1 aromatic rings. The largest absolute Gasteiger partial charge is 0.310 e. The fourth-order valence-corrected chi connectivity index (χ4v) is 4.32. The SMILES string of the molecule is CC1CCN(S(=O)(=O)c2ccc(CNC(C)C)c(Cl)c2)C1. The molecule has 0 aromatic heterocycles. The highest BCUT2D eigenvalue weighted by atomic mass is 35.5. The molecule has 1 N–H and O–H groups in total. The molecule has 0 amide bonds. The maximum Gasteiger partial charge on any atom is 0.243 e. The van der Waals surface area contributed by atoms with E-state index in [1.165, 1.54) is 0 Å². The van der Waals surface area contributed by atoms with Crippen molar-refractivity contribution in [2.24, 2.45) is 5.92 Å². The Balaban J connectivity index is 2.19. The number of hydrogen-bond acceptors (Lipinski definition) is 3. The van der Waals surface area contributed by atoms with E-state index >= 15 is 0 Å². The van der Waals surface area contributed by atoms with E-state index in [-0.39, 0.29) is 4.90 Å². The van der Waals surface area contributed by atoms with Crippen LogP contribution in [0.1, 0.15) is 32.8 Å². The Morgan fingerprint density at radius 1 is 1.43 bits per heavy atom. The number of rotatable bonds is 5. The fourth-order valence-electron chi connectivity index (χ4n) is 2.41. The molecule has 118 valence electrons. The summed E-state index contributed by atoms with van der Waals surface area (Å²) in [6.45, 7) is 8.01. The summed E-state index contributed by atoms with van der Waals surface area (Å²) in [6.07, 6.45) is 0.920. The number of hydrogen-bond donors (Lipinski definition) is 1. The van der Waals surface area contributed by atoms with Crippen LogP contribution in [-0.4, -0.2) is 31.9 Å². The average Bonchev–Trinajstić information content (AvgIpc) is 2.84. The van der Waals surface area contributed by atoms with E-state index in [4.69, 9.17) is 11.6 Å². The van der Waals surface area contributed by atoms with Crippen LogP contribution in [0.4, 0.5) is 0 Å². The lowest BCUT2D eigenvalue weighted by atomic mass is 10.2. The van der Waals surface area contributed by atoms with Crippen LogP contribution in [0, 0.1) is 5.92 Å². The van der Waals surface area contributed by atoms with Gasteiger partial charge in [-0.05, 0) is 30.0 Å². The second kappa shape index (κ2) is 6.65. The Morgan fingerprint density at radius 3 is 2.67 bits per heavy atom. The lowest BCUT2D eigenvalue weighted by Gasteiger charge is -2.17. The van der Waals surface area contributed by atoms with Crippen molar-refractivity contribution in [2.75, 3.05) is 13.1 Å². The van der Waals surface area contributed by atoms with Gasteiger partial charge in [-0.3, -0.25) is 0 Å². The molecule has 0 saturated carbocycles. The topological polar surface area (TPSA) is 49.4 Å². The van der Waals surface area contributed by atoms with Crippen LogP contribution in [0.2, 0.25) is 5.02 Å². The maximum atomic E-state index is 12.6. The molecule has 1 aliphatic rings. The third kappa shape index (κ3) is 3.97. The zero-order valence-corrected chi connectivity index (χ0v) is 14.3. The highest BCUT2D eigenvalue weighted by Crippen LogP contribution is 2.27. The van der Waals surface area contributed by atoms with Crippen molar-refractivity contribution in [3.63, 3.8) is 0 Å². The quantitative estimate of drug-likeness (QED) is 0.903. The summed E-state index contributed by atoms with van der Waals surface area (Å²) >= 11 is 6.23. The summed E-state index contributed by atoms with van der Waals surface area (Å²) in [5, 5.41) is 3.77. The van der Waals surface area contributed by atoms with Gasteiger partial charge in [0.15, 0.2) is 0 Å². The molecule has 1 aromatic carbocycles. The average molecular weight is 331 g/mol. The molecule has 4 nitrogen and oxygen atoms in total. The molecule has 1 aliphatic heterocycles. The van der Waals surface area contributed by atoms with Crippen molar-refractivity contribution in [3.05, 3.63) is 28.8 Å². The molecule has 2 rings (SSSR count). The summed E-state index contributed by atoms with van der Waals surface area (Å²) in [6, 6.07) is 5.37. The maximum absolute atomic E-state index is 12.6. The van der Waals surface area contributed by atoms with Crippen molar-refractivity contribution < 1.29 is 8.42 Å². The van der Waals surface area contributed by atoms with Gasteiger partial charge >= 0.3 is 0 Å². The van der Waals surface area contributed by atoms with Crippen LogP contribution < -0.4 is 5.32 Å². The monoisotopic (exact) mass is 330 g/mol. The van der Waals surface area contributed by atoms with Gasteiger partial charge in [0, 0.05) is 30.7 Å². The van der Waals surface area contributed by atoms with Gasteiger partial charge in [-0.25, -0.2) is 8.42 Å². The third-order valence-corrected chi connectivity index (χ3v) is 5.96. The van der Waals surface area contributed by atoms with E-state index in [9.17, 15) is 8.42 Å². The van der Waals surface area contributed by atoms with E-state index in [0.29, 0.717) is 36.6 Å². The standard InChI is InChI=1S/C15H23ClN2O2S/c1-11(2)17-9-13-4-5-14(8-15(13)16)21(19,20)18-7-6-12(3)10-18/h4-5,8,11-12,17H,6-7,9-10H2,1-3H3. The molecule has 0 spiro atoms. The molecule has 0 radical (unpaired) electrons. The third-order valence-electron chi connectivity index (χ3n) is 3.75. The number of nitrogens with one attached hydrogen (secondary N) is 1. The summed E-state index contributed by atoms with van der Waals surface area (Å²) in [4.78, 5) is 0.287. The van der Waals surface area contributed by atoms with Gasteiger partial charge < -0.3 is 5.32 Å². The second-order valence-electron chi connectivity index (χ2n) is 6.05. The minimum absolute atomic E-state index is 0.287. The molecular weight excluding hydrogens is 308 g/mol. The molecular formula is C15H23ClN2O2S. The van der Waals surface area contributed by atoms with E-state index < -0.39 is 10.0 Å². The number of sulfonamides is 1. The second-order valence-corrected chi connectivity index (χ2v) is 8.39. The highest BCUT2D eigenvalue weighted by Gasteiger charge is 2.30. The number of nitrogens with zero attached hydrogens (tertiary/aromatic N) is 1. The van der Waals surface area contributed by atoms with E-state index in [1.54, 1.807) is 22.5 Å². The summed E-state index contributed by atoms with van der Waals surface area (Å²) in [5.41, 5.74) is 0.916. The van der Waals surface area contributed by atoms with Crippen LogP contribution in [0.3, 0.4) is 0 Å². The molecule has 0 bridgehead atoms. The minimum Gasteiger partial charge on any atom is -0.310 e. The highest BCUT2D eigenvalue weighted by molar-refractivity contribution is 7.89. The van der Waals surface area contributed by atoms with Gasteiger partial charge in [-0.15, -0.1) is 0 Å². The minimum atomic E-state index is -3.41. The van der Waals surface area contributed by atoms with Gasteiger partial charge in [0.05, 0.1) is 4.90 Å². The van der Waals surface area contributed by atoms with Gasteiger partial charge in [-0.1, -0.05) is 38.4 Å². The predicted octanol–water partition coefficient (Wildman–Crippen LogP) is 2.87. The Labute approximate surface area is 132 Å². The molecule has 21 heavy (non-hydrogen) atoms. The first-order valence-electron chi connectivity index (χ1n) is 7.32. The Hall–Kier alpha value is -0.620. The van der Waals surface area contributed by atoms with Gasteiger partial charge in [-0.2, -0.15) is 4.31 Å². The van der Waals surface area contributed by atoms with Crippen LogP contribution in [-0.2, 0) is 16.6 Å². The molecule has 1 fully saturated rings. The first-order valence-corrected chi connectivity index (χ1v) is 9.14. The fraction of sp³-hybridized carbons (Fsp3) is 0.600. The Morgan fingerprint density at radius 2 is 2.14 bits per heavy atom. The Kier molecular flexibility index (Phi) is 5.30. The number of halogens is 1. The van der Waals surface area contributed by atoms with Gasteiger partial charge in [0.1, 0.15) is 0 Å². The zero-order valence-electron chi connectivity index (χ0n) is 12.8. The van der Waals surface area contributed by atoms with Crippen LogP contribution in [0.25, 0.3) is 0 Å². The molecule has 1 atom stereocenters. The lowest BCUT2D eigenvalue weighted by molar-refractivity contribution is 0.464. The van der Waals surface area contributed by atoms with Crippen LogP contribution in [0.5, 0.6) is 0 Å². The van der Waals surface area contributed by atoms with Crippen LogP contribution in [0.15, 0.2) is 23.1 Å².